The van der Waals surface area contributed by atoms with Crippen LogP contribution in [0.4, 0.5) is 0 Å². The molecule has 0 spiro atoms. The van der Waals surface area contributed by atoms with Gasteiger partial charge in [-0.1, -0.05) is 38.1 Å². The molecule has 0 fully saturated rings. The van der Waals surface area contributed by atoms with Crippen molar-refractivity contribution in [3.05, 3.63) is 53.3 Å². The molecule has 1 aromatic carbocycles. The summed E-state index contributed by atoms with van der Waals surface area (Å²) in [5.41, 5.74) is 9.21. The van der Waals surface area contributed by atoms with Crippen LogP contribution < -0.4 is 11.1 Å². The van der Waals surface area contributed by atoms with E-state index in [-0.39, 0.29) is 18.0 Å². The van der Waals surface area contributed by atoms with Crippen LogP contribution in [0.2, 0.25) is 0 Å². The van der Waals surface area contributed by atoms with Gasteiger partial charge in [-0.25, -0.2) is 0 Å². The van der Waals surface area contributed by atoms with Crippen LogP contribution in [0.25, 0.3) is 0 Å². The molecule has 3 rings (SSSR count). The minimum atomic E-state index is -0.151. The lowest BCUT2D eigenvalue weighted by Crippen LogP contribution is -2.41. The highest BCUT2D eigenvalue weighted by atomic mass is 16.2. The summed E-state index contributed by atoms with van der Waals surface area (Å²) in [6.07, 6.45) is 2.45. The number of benzene rings is 1. The van der Waals surface area contributed by atoms with Gasteiger partial charge in [-0.3, -0.25) is 9.48 Å². The van der Waals surface area contributed by atoms with Crippen molar-refractivity contribution in [2.24, 2.45) is 11.7 Å². The van der Waals surface area contributed by atoms with E-state index >= 15 is 0 Å². The van der Waals surface area contributed by atoms with E-state index in [9.17, 15) is 4.79 Å². The minimum absolute atomic E-state index is 0.0627. The van der Waals surface area contributed by atoms with E-state index in [1.165, 1.54) is 5.56 Å². The summed E-state index contributed by atoms with van der Waals surface area (Å²) in [7, 11) is 0. The first-order chi connectivity index (χ1) is 10.6. The topological polar surface area (TPSA) is 72.9 Å². The number of nitrogens with zero attached hydrogens (tertiary/aromatic N) is 2. The largest absolute Gasteiger partial charge is 0.346 e. The summed E-state index contributed by atoms with van der Waals surface area (Å²) < 4.78 is 1.76. The molecule has 3 N–H and O–H groups in total. The summed E-state index contributed by atoms with van der Waals surface area (Å²) in [4.78, 5) is 12.5. The predicted molar refractivity (Wildman–Crippen MR) is 85.4 cm³/mol. The second-order valence-electron chi connectivity index (χ2n) is 6.30. The van der Waals surface area contributed by atoms with Gasteiger partial charge in [-0.15, -0.1) is 0 Å². The highest BCUT2D eigenvalue weighted by molar-refractivity contribution is 5.92. The number of carbonyl (C=O) groups excluding carboxylic acids is 1. The summed E-state index contributed by atoms with van der Waals surface area (Å²) in [6.45, 7) is 4.94. The number of hydrogen-bond acceptors (Lipinski definition) is 3. The Balaban J connectivity index is 1.72. The molecule has 1 aromatic heterocycles. The molecule has 0 aliphatic heterocycles. The van der Waals surface area contributed by atoms with Crippen molar-refractivity contribution in [1.82, 2.24) is 15.1 Å². The number of hydrogen-bond donors (Lipinski definition) is 2. The van der Waals surface area contributed by atoms with E-state index in [4.69, 9.17) is 5.73 Å². The molecule has 0 saturated heterocycles. The van der Waals surface area contributed by atoms with Gasteiger partial charge >= 0.3 is 0 Å². The summed E-state index contributed by atoms with van der Waals surface area (Å²) in [5, 5.41) is 7.30. The third kappa shape index (κ3) is 2.76. The molecular formula is C17H22N4O. The maximum atomic E-state index is 12.5. The Morgan fingerprint density at radius 3 is 2.91 bits per heavy atom. The number of nitrogens with one attached hydrogen (secondary N) is 1. The van der Waals surface area contributed by atoms with E-state index in [0.29, 0.717) is 11.6 Å². The van der Waals surface area contributed by atoms with E-state index in [0.717, 1.165) is 18.5 Å². The zero-order chi connectivity index (χ0) is 15.7. The van der Waals surface area contributed by atoms with Crippen LogP contribution in [0.15, 0.2) is 36.5 Å². The van der Waals surface area contributed by atoms with Gasteiger partial charge in [0, 0.05) is 12.7 Å². The maximum Gasteiger partial charge on any atom is 0.269 e. The first-order valence-electron chi connectivity index (χ1n) is 7.72. The van der Waals surface area contributed by atoms with Gasteiger partial charge < -0.3 is 11.1 Å². The monoisotopic (exact) mass is 298 g/mol. The van der Waals surface area contributed by atoms with Crippen molar-refractivity contribution in [3.8, 4) is 0 Å². The van der Waals surface area contributed by atoms with Crippen LogP contribution in [0.5, 0.6) is 0 Å². The average molecular weight is 298 g/mol. The highest BCUT2D eigenvalue weighted by Gasteiger charge is 2.31. The fourth-order valence-corrected chi connectivity index (χ4v) is 3.03. The molecule has 1 heterocycles. The second kappa shape index (κ2) is 5.93. The van der Waals surface area contributed by atoms with Gasteiger partial charge in [-0.2, -0.15) is 5.10 Å². The summed E-state index contributed by atoms with van der Waals surface area (Å²) in [6, 6.07) is 9.65. The molecule has 1 aliphatic carbocycles. The number of amides is 1. The maximum absolute atomic E-state index is 12.5. The lowest BCUT2D eigenvalue weighted by atomic mass is 10.1. The van der Waals surface area contributed by atoms with E-state index in [1.807, 2.05) is 18.2 Å². The standard InChI is InChI=1S/C17H22N4O/c1-11(2)10-21-15(7-8-19-21)17(22)20-14-9-12-5-3-4-6-13(12)16(14)18/h3-8,11,14,16H,9-10,18H2,1-2H3,(H,20,22)/t14-,16-/m1/s1. The third-order valence-electron chi connectivity index (χ3n) is 4.09. The van der Waals surface area contributed by atoms with Crippen molar-refractivity contribution < 1.29 is 4.79 Å². The average Bonchev–Trinajstić information content (AvgIpc) is 3.05. The van der Waals surface area contributed by atoms with Gasteiger partial charge in [-0.05, 0) is 29.5 Å². The van der Waals surface area contributed by atoms with Gasteiger partial charge in [0.1, 0.15) is 5.69 Å². The number of fused-ring (bicyclic) bond motifs is 1. The molecule has 5 heteroatoms. The number of rotatable bonds is 4. The van der Waals surface area contributed by atoms with E-state index in [1.54, 1.807) is 16.9 Å². The Kier molecular flexibility index (Phi) is 3.98. The SMILES string of the molecule is CC(C)Cn1nccc1C(=O)N[C@@H]1Cc2ccccc2[C@H]1N. The summed E-state index contributed by atoms with van der Waals surface area (Å²) >= 11 is 0. The number of carbonyl (C=O) groups is 1. The molecule has 0 radical (unpaired) electrons. The van der Waals surface area contributed by atoms with E-state index < -0.39 is 0 Å². The third-order valence-corrected chi connectivity index (χ3v) is 4.09. The lowest BCUT2D eigenvalue weighted by Gasteiger charge is -2.18. The smallest absolute Gasteiger partial charge is 0.269 e. The van der Waals surface area contributed by atoms with Crippen LogP contribution in [0.1, 0.15) is 41.5 Å². The fraction of sp³-hybridized carbons (Fsp3) is 0.412. The zero-order valence-corrected chi connectivity index (χ0v) is 13.0. The molecule has 2 atom stereocenters. The minimum Gasteiger partial charge on any atom is -0.346 e. The van der Waals surface area contributed by atoms with Crippen molar-refractivity contribution in [2.45, 2.75) is 38.9 Å². The molecule has 5 nitrogen and oxygen atoms in total. The van der Waals surface area contributed by atoms with Crippen LogP contribution in [0.3, 0.4) is 0 Å². The van der Waals surface area contributed by atoms with Crippen LogP contribution in [-0.2, 0) is 13.0 Å². The van der Waals surface area contributed by atoms with Gasteiger partial charge in [0.05, 0.1) is 12.1 Å². The molecule has 0 unspecified atom stereocenters. The molecule has 0 saturated carbocycles. The molecule has 1 amide bonds. The Morgan fingerprint density at radius 1 is 1.41 bits per heavy atom. The quantitative estimate of drug-likeness (QED) is 0.905. The molecule has 0 bridgehead atoms. The Morgan fingerprint density at radius 2 is 2.18 bits per heavy atom. The van der Waals surface area contributed by atoms with Crippen molar-refractivity contribution in [2.75, 3.05) is 0 Å². The molecule has 1 aliphatic rings. The molecule has 22 heavy (non-hydrogen) atoms. The lowest BCUT2D eigenvalue weighted by molar-refractivity contribution is 0.0921. The van der Waals surface area contributed by atoms with Gasteiger partial charge in [0.2, 0.25) is 0 Å². The Hall–Kier alpha value is -2.14. The summed E-state index contributed by atoms with van der Waals surface area (Å²) in [5.74, 6) is 0.329. The van der Waals surface area contributed by atoms with Crippen LogP contribution >= 0.6 is 0 Å². The van der Waals surface area contributed by atoms with Crippen molar-refractivity contribution in [3.63, 3.8) is 0 Å². The van der Waals surface area contributed by atoms with Crippen molar-refractivity contribution in [1.29, 1.82) is 0 Å². The first-order valence-corrected chi connectivity index (χ1v) is 7.72. The fourth-order valence-electron chi connectivity index (χ4n) is 3.03. The predicted octanol–water partition coefficient (Wildman–Crippen LogP) is 1.89. The molecule has 2 aromatic rings. The van der Waals surface area contributed by atoms with Gasteiger partial charge in [0.15, 0.2) is 0 Å². The van der Waals surface area contributed by atoms with Gasteiger partial charge in [0.25, 0.3) is 5.91 Å². The highest BCUT2D eigenvalue weighted by Crippen LogP contribution is 2.29. The van der Waals surface area contributed by atoms with E-state index in [2.05, 4.69) is 30.3 Å². The first kappa shape index (κ1) is 14.8. The van der Waals surface area contributed by atoms with Crippen molar-refractivity contribution >= 4 is 5.91 Å². The Bertz CT molecular complexity index is 677. The Labute approximate surface area is 130 Å². The second-order valence-corrected chi connectivity index (χ2v) is 6.30. The number of aromatic nitrogens is 2. The normalized spacial score (nSPS) is 20.2. The molecule has 116 valence electrons. The zero-order valence-electron chi connectivity index (χ0n) is 13.0. The number of nitrogens with two attached hydrogens (primary N) is 1. The van der Waals surface area contributed by atoms with Crippen LogP contribution in [0, 0.1) is 5.92 Å². The molecular weight excluding hydrogens is 276 g/mol. The van der Waals surface area contributed by atoms with Crippen LogP contribution in [-0.4, -0.2) is 21.7 Å².